The Hall–Kier alpha value is 0.100. The minimum Gasteiger partial charge on any atom is -0.309 e. The van der Waals surface area contributed by atoms with Crippen LogP contribution in [0.3, 0.4) is 0 Å². The number of nitrogens with zero attached hydrogens (tertiary/aromatic N) is 1. The molecule has 0 fully saturated rings. The lowest BCUT2D eigenvalue weighted by atomic mass is 10.2. The van der Waals surface area contributed by atoms with E-state index in [1.807, 2.05) is 11.3 Å². The molecule has 0 aliphatic heterocycles. The maximum Gasteiger partial charge on any atom is 0.0397 e. The van der Waals surface area contributed by atoms with Gasteiger partial charge in [-0.3, -0.25) is 0 Å². The largest absolute Gasteiger partial charge is 0.309 e. The Kier molecular flexibility index (Phi) is 6.58. The van der Waals surface area contributed by atoms with Crippen LogP contribution in [0.2, 0.25) is 0 Å². The number of hydrogen-bond donors (Lipinski definition) is 1. The average Bonchev–Trinajstić information content (AvgIpc) is 2.63. The molecule has 0 amide bonds. The lowest BCUT2D eigenvalue weighted by Gasteiger charge is -2.14. The van der Waals surface area contributed by atoms with Gasteiger partial charge in [0.05, 0.1) is 0 Å². The zero-order valence-corrected chi connectivity index (χ0v) is 12.7. The highest BCUT2D eigenvalue weighted by Crippen LogP contribution is 2.28. The van der Waals surface area contributed by atoms with Crippen LogP contribution in [0.4, 0.5) is 0 Å². The lowest BCUT2D eigenvalue weighted by molar-refractivity contribution is 0.389. The Balaban J connectivity index is 2.16. The van der Waals surface area contributed by atoms with Crippen LogP contribution >= 0.6 is 27.3 Å². The third-order valence-corrected chi connectivity index (χ3v) is 4.57. The van der Waals surface area contributed by atoms with E-state index in [0.29, 0.717) is 6.04 Å². The van der Waals surface area contributed by atoms with E-state index in [9.17, 15) is 0 Å². The summed E-state index contributed by atoms with van der Waals surface area (Å²) in [5.74, 6) is 0. The van der Waals surface area contributed by atoms with Crippen molar-refractivity contribution in [2.45, 2.75) is 25.8 Å². The van der Waals surface area contributed by atoms with E-state index in [-0.39, 0.29) is 0 Å². The normalized spacial score (nSPS) is 13.3. The summed E-state index contributed by atoms with van der Waals surface area (Å²) < 4.78 is 1.23. The predicted octanol–water partition coefficient (Wildman–Crippen LogP) is 3.50. The summed E-state index contributed by atoms with van der Waals surface area (Å²) in [7, 11) is 4.25. The smallest absolute Gasteiger partial charge is 0.0397 e. The van der Waals surface area contributed by atoms with Crippen LogP contribution in [-0.2, 0) is 0 Å². The van der Waals surface area contributed by atoms with Gasteiger partial charge < -0.3 is 10.2 Å². The number of hydrogen-bond acceptors (Lipinski definition) is 3. The Morgan fingerprint density at radius 1 is 1.44 bits per heavy atom. The lowest BCUT2D eigenvalue weighted by Crippen LogP contribution is -2.21. The highest BCUT2D eigenvalue weighted by atomic mass is 79.9. The number of thiophene rings is 1. The molecule has 1 rings (SSSR count). The molecule has 2 nitrogen and oxygen atoms in total. The maximum atomic E-state index is 3.57. The first-order valence-corrected chi connectivity index (χ1v) is 7.39. The molecule has 16 heavy (non-hydrogen) atoms. The zero-order chi connectivity index (χ0) is 12.0. The van der Waals surface area contributed by atoms with E-state index in [2.05, 4.69) is 58.6 Å². The Morgan fingerprint density at radius 3 is 2.75 bits per heavy atom. The molecule has 92 valence electrons. The molecule has 0 saturated heterocycles. The molecule has 0 bridgehead atoms. The molecule has 1 aromatic rings. The fourth-order valence-corrected chi connectivity index (χ4v) is 3.33. The Labute approximate surface area is 111 Å². The monoisotopic (exact) mass is 304 g/mol. The van der Waals surface area contributed by atoms with Gasteiger partial charge in [-0.15, -0.1) is 11.3 Å². The van der Waals surface area contributed by atoms with Crippen molar-refractivity contribution in [3.63, 3.8) is 0 Å². The van der Waals surface area contributed by atoms with Crippen LogP contribution in [0, 0.1) is 0 Å². The van der Waals surface area contributed by atoms with Crippen LogP contribution < -0.4 is 5.32 Å². The molecule has 1 unspecified atom stereocenters. The second kappa shape index (κ2) is 7.43. The molecule has 1 N–H and O–H groups in total. The van der Waals surface area contributed by atoms with E-state index in [0.717, 1.165) is 6.54 Å². The third kappa shape index (κ3) is 4.95. The van der Waals surface area contributed by atoms with Crippen LogP contribution in [0.5, 0.6) is 0 Å². The fraction of sp³-hybridized carbons (Fsp3) is 0.667. The minimum absolute atomic E-state index is 0.453. The second-order valence-corrected chi connectivity index (χ2v) is 6.12. The summed E-state index contributed by atoms with van der Waals surface area (Å²) in [6, 6.07) is 2.57. The van der Waals surface area contributed by atoms with Gasteiger partial charge in [-0.2, -0.15) is 0 Å². The third-order valence-electron chi connectivity index (χ3n) is 2.52. The van der Waals surface area contributed by atoms with Gasteiger partial charge in [-0.1, -0.05) is 0 Å². The molecule has 1 aromatic heterocycles. The molecule has 0 aromatic carbocycles. The maximum absolute atomic E-state index is 3.57. The highest BCUT2D eigenvalue weighted by Gasteiger charge is 2.09. The van der Waals surface area contributed by atoms with Crippen molar-refractivity contribution in [2.75, 3.05) is 27.2 Å². The summed E-state index contributed by atoms with van der Waals surface area (Å²) in [5, 5.41) is 5.69. The van der Waals surface area contributed by atoms with Crippen molar-refractivity contribution in [2.24, 2.45) is 0 Å². The van der Waals surface area contributed by atoms with Gasteiger partial charge in [0, 0.05) is 15.4 Å². The number of halogens is 1. The predicted molar refractivity (Wildman–Crippen MR) is 76.2 cm³/mol. The zero-order valence-electron chi connectivity index (χ0n) is 10.3. The highest BCUT2D eigenvalue weighted by molar-refractivity contribution is 9.10. The van der Waals surface area contributed by atoms with E-state index in [1.54, 1.807) is 0 Å². The quantitative estimate of drug-likeness (QED) is 0.776. The van der Waals surface area contributed by atoms with Gasteiger partial charge in [0.25, 0.3) is 0 Å². The average molecular weight is 305 g/mol. The molecule has 0 spiro atoms. The first-order valence-electron chi connectivity index (χ1n) is 5.72. The summed E-state index contributed by atoms with van der Waals surface area (Å²) >= 11 is 5.38. The molecular weight excluding hydrogens is 284 g/mol. The van der Waals surface area contributed by atoms with Gasteiger partial charge in [-0.25, -0.2) is 0 Å². The van der Waals surface area contributed by atoms with Crippen LogP contribution in [0.15, 0.2) is 15.9 Å². The SMILES string of the molecule is CC(NCCCCN(C)C)c1sccc1Br. The summed E-state index contributed by atoms with van der Waals surface area (Å²) in [6.07, 6.45) is 2.50. The van der Waals surface area contributed by atoms with Crippen LogP contribution in [0.25, 0.3) is 0 Å². The van der Waals surface area contributed by atoms with E-state index in [4.69, 9.17) is 0 Å². The first-order chi connectivity index (χ1) is 7.61. The summed E-state index contributed by atoms with van der Waals surface area (Å²) in [6.45, 7) is 4.50. The van der Waals surface area contributed by atoms with Crippen molar-refractivity contribution >= 4 is 27.3 Å². The summed E-state index contributed by atoms with van der Waals surface area (Å²) in [4.78, 5) is 3.63. The topological polar surface area (TPSA) is 15.3 Å². The standard InChI is InChI=1S/C12H21BrN2S/c1-10(12-11(13)6-9-16-12)14-7-4-5-8-15(2)3/h6,9-10,14H,4-5,7-8H2,1-3H3. The second-order valence-electron chi connectivity index (χ2n) is 4.32. The van der Waals surface area contributed by atoms with E-state index >= 15 is 0 Å². The Morgan fingerprint density at radius 2 is 2.19 bits per heavy atom. The fourth-order valence-electron chi connectivity index (χ4n) is 1.58. The van der Waals surface area contributed by atoms with Gasteiger partial charge in [-0.05, 0) is 74.3 Å². The summed E-state index contributed by atoms with van der Waals surface area (Å²) in [5.41, 5.74) is 0. The van der Waals surface area contributed by atoms with Crippen molar-refractivity contribution < 1.29 is 0 Å². The minimum atomic E-state index is 0.453. The van der Waals surface area contributed by atoms with Gasteiger partial charge >= 0.3 is 0 Å². The molecule has 0 saturated carbocycles. The van der Waals surface area contributed by atoms with Crippen LogP contribution in [-0.4, -0.2) is 32.1 Å². The van der Waals surface area contributed by atoms with E-state index < -0.39 is 0 Å². The number of rotatable bonds is 7. The number of nitrogens with one attached hydrogen (secondary N) is 1. The van der Waals surface area contributed by atoms with Gasteiger partial charge in [0.1, 0.15) is 0 Å². The van der Waals surface area contributed by atoms with E-state index in [1.165, 1.54) is 28.7 Å². The van der Waals surface area contributed by atoms with Gasteiger partial charge in [0.15, 0.2) is 0 Å². The molecular formula is C12H21BrN2S. The van der Waals surface area contributed by atoms with Gasteiger partial charge in [0.2, 0.25) is 0 Å². The van der Waals surface area contributed by atoms with Crippen molar-refractivity contribution in [1.29, 1.82) is 0 Å². The van der Waals surface area contributed by atoms with Crippen molar-refractivity contribution in [1.82, 2.24) is 10.2 Å². The molecule has 0 radical (unpaired) electrons. The number of unbranched alkanes of at least 4 members (excludes halogenated alkanes) is 1. The first kappa shape index (κ1) is 14.2. The molecule has 0 aliphatic rings. The Bertz CT molecular complexity index is 299. The van der Waals surface area contributed by atoms with Crippen LogP contribution in [0.1, 0.15) is 30.7 Å². The molecule has 0 aliphatic carbocycles. The molecule has 1 atom stereocenters. The van der Waals surface area contributed by atoms with Crippen molar-refractivity contribution in [3.05, 3.63) is 20.8 Å². The molecule has 1 heterocycles. The van der Waals surface area contributed by atoms with Crippen molar-refractivity contribution in [3.8, 4) is 0 Å². The molecule has 4 heteroatoms.